The number of aromatic hydroxyl groups is 1. The van der Waals surface area contributed by atoms with Gasteiger partial charge in [0, 0.05) is 30.3 Å². The number of nitro benzene ring substituents is 1. The maximum absolute atomic E-state index is 13.1. The summed E-state index contributed by atoms with van der Waals surface area (Å²) in [5.41, 5.74) is -0.0483. The van der Waals surface area contributed by atoms with Gasteiger partial charge in [-0.2, -0.15) is 0 Å². The Kier molecular flexibility index (Phi) is 6.71. The number of carbonyl (C=O) groups is 1. The Morgan fingerprint density at radius 1 is 1.34 bits per heavy atom. The van der Waals surface area contributed by atoms with Crippen LogP contribution in [0.2, 0.25) is 0 Å². The molecule has 1 saturated heterocycles. The average Bonchev–Trinajstić information content (AvgIpc) is 3.16. The molecule has 7 nitrogen and oxygen atoms in total. The second-order valence-electron chi connectivity index (χ2n) is 6.79. The number of likely N-dealkylation sites (tertiary alicyclic amines) is 1. The van der Waals surface area contributed by atoms with Crippen LogP contribution in [0.25, 0.3) is 0 Å². The largest absolute Gasteiger partial charge is 0.507 e. The number of phenols is 1. The Morgan fingerprint density at radius 2 is 2.10 bits per heavy atom. The number of hydrogen-bond acceptors (Lipinski definition) is 6. The maximum atomic E-state index is 13.1. The first kappa shape index (κ1) is 21.1. The highest BCUT2D eigenvalue weighted by atomic mass is 32.2. The number of nitrogens with zero attached hydrogens (tertiary/aromatic N) is 2. The lowest BCUT2D eigenvalue weighted by atomic mass is 10.1. The van der Waals surface area contributed by atoms with Crippen LogP contribution in [0.15, 0.2) is 46.2 Å². The fraction of sp³-hybridized carbons (Fsp3) is 0.350. The van der Waals surface area contributed by atoms with E-state index in [1.165, 1.54) is 24.3 Å². The normalized spacial score (nSPS) is 16.7. The molecule has 2 aromatic rings. The Balaban J connectivity index is 1.75. The van der Waals surface area contributed by atoms with Gasteiger partial charge in [0.2, 0.25) is 0 Å². The van der Waals surface area contributed by atoms with Gasteiger partial charge in [-0.3, -0.25) is 19.8 Å². The molecule has 154 valence electrons. The smallest absolute Gasteiger partial charge is 0.284 e. The molecule has 3 rings (SSSR count). The minimum atomic E-state index is -0.600. The summed E-state index contributed by atoms with van der Waals surface area (Å²) in [7, 11) is 0. The number of carbonyl (C=O) groups excluding carboxylic acids is 1. The summed E-state index contributed by atoms with van der Waals surface area (Å²) in [5, 5.41) is 24.2. The van der Waals surface area contributed by atoms with Crippen molar-refractivity contribution in [3.63, 3.8) is 0 Å². The second-order valence-corrected chi connectivity index (χ2v) is 7.87. The van der Waals surface area contributed by atoms with Crippen molar-refractivity contribution in [1.82, 2.24) is 10.2 Å². The van der Waals surface area contributed by atoms with E-state index >= 15 is 0 Å². The van der Waals surface area contributed by atoms with Crippen LogP contribution in [0.1, 0.15) is 30.1 Å². The Bertz CT molecular complexity index is 925. The molecule has 2 aromatic carbocycles. The van der Waals surface area contributed by atoms with E-state index in [9.17, 15) is 24.4 Å². The lowest BCUT2D eigenvalue weighted by molar-refractivity contribution is -0.387. The zero-order chi connectivity index (χ0) is 21.0. The van der Waals surface area contributed by atoms with Crippen LogP contribution in [-0.2, 0) is 0 Å². The topological polar surface area (TPSA) is 95.7 Å². The number of nitrogens with one attached hydrogen (secondary N) is 1. The third kappa shape index (κ3) is 5.04. The number of halogens is 1. The first-order chi connectivity index (χ1) is 13.9. The van der Waals surface area contributed by atoms with Gasteiger partial charge in [-0.05, 0) is 50.2 Å². The average molecular weight is 419 g/mol. The van der Waals surface area contributed by atoms with Crippen molar-refractivity contribution in [3.8, 4) is 5.75 Å². The van der Waals surface area contributed by atoms with Crippen molar-refractivity contribution < 1.29 is 19.2 Å². The number of benzene rings is 2. The van der Waals surface area contributed by atoms with E-state index < -0.39 is 10.7 Å². The molecule has 0 bridgehead atoms. The molecule has 1 aliphatic heterocycles. The summed E-state index contributed by atoms with van der Waals surface area (Å²) in [6, 6.07) is 7.95. The number of nitro groups is 1. The third-order valence-corrected chi connectivity index (χ3v) is 6.09. The zero-order valence-corrected chi connectivity index (χ0v) is 16.7. The molecular formula is C20H22FN3O4S. The van der Waals surface area contributed by atoms with E-state index in [0.29, 0.717) is 6.54 Å². The highest BCUT2D eigenvalue weighted by molar-refractivity contribution is 7.99. The van der Waals surface area contributed by atoms with E-state index in [-0.39, 0.29) is 38.7 Å². The van der Waals surface area contributed by atoms with Crippen LogP contribution in [-0.4, -0.2) is 46.5 Å². The number of hydrogen-bond donors (Lipinski definition) is 2. The number of rotatable bonds is 7. The van der Waals surface area contributed by atoms with Gasteiger partial charge in [-0.1, -0.05) is 18.7 Å². The standard InChI is InChI=1S/C20H22FN3O4S/c1-2-23-9-3-4-15(23)12-22-20(26)13-5-7-18(16(10-13)24(27)28)29-19-8-6-14(21)11-17(19)25/h5-8,10-11,15,25H,2-4,9,12H2,1H3,(H,22,26). The van der Waals surface area contributed by atoms with E-state index in [0.717, 1.165) is 49.8 Å². The first-order valence-electron chi connectivity index (χ1n) is 9.36. The van der Waals surface area contributed by atoms with Crippen molar-refractivity contribution >= 4 is 23.4 Å². The summed E-state index contributed by atoms with van der Waals surface area (Å²) in [6.45, 7) is 4.53. The van der Waals surface area contributed by atoms with Crippen LogP contribution >= 0.6 is 11.8 Å². The van der Waals surface area contributed by atoms with Crippen molar-refractivity contribution in [2.24, 2.45) is 0 Å². The van der Waals surface area contributed by atoms with Crippen LogP contribution in [0, 0.1) is 15.9 Å². The van der Waals surface area contributed by atoms with Gasteiger partial charge in [0.05, 0.1) is 14.7 Å². The Labute approximate surface area is 172 Å². The molecule has 1 atom stereocenters. The lowest BCUT2D eigenvalue weighted by Gasteiger charge is -2.22. The molecule has 1 amide bonds. The molecule has 0 aliphatic carbocycles. The van der Waals surface area contributed by atoms with E-state index in [2.05, 4.69) is 17.1 Å². The first-order valence-corrected chi connectivity index (χ1v) is 10.2. The predicted molar refractivity (Wildman–Crippen MR) is 108 cm³/mol. The maximum Gasteiger partial charge on any atom is 0.284 e. The predicted octanol–water partition coefficient (Wildman–Crippen LogP) is 3.80. The third-order valence-electron chi connectivity index (χ3n) is 4.96. The van der Waals surface area contributed by atoms with Gasteiger partial charge in [-0.25, -0.2) is 4.39 Å². The van der Waals surface area contributed by atoms with Gasteiger partial charge in [0.25, 0.3) is 11.6 Å². The van der Waals surface area contributed by atoms with Crippen LogP contribution in [0.4, 0.5) is 10.1 Å². The van der Waals surface area contributed by atoms with Gasteiger partial charge in [-0.15, -0.1) is 0 Å². The summed E-state index contributed by atoms with van der Waals surface area (Å²) in [5.74, 6) is -1.27. The van der Waals surface area contributed by atoms with Crippen molar-refractivity contribution in [1.29, 1.82) is 0 Å². The SMILES string of the molecule is CCN1CCCC1CNC(=O)c1ccc(Sc2ccc(F)cc2O)c([N+](=O)[O-])c1. The van der Waals surface area contributed by atoms with Gasteiger partial charge < -0.3 is 10.4 Å². The molecule has 29 heavy (non-hydrogen) atoms. The minimum Gasteiger partial charge on any atom is -0.507 e. The highest BCUT2D eigenvalue weighted by Gasteiger charge is 2.24. The number of phenolic OH excluding ortho intramolecular Hbond substituents is 1. The van der Waals surface area contributed by atoms with Crippen molar-refractivity contribution in [3.05, 3.63) is 57.9 Å². The molecule has 0 saturated carbocycles. The van der Waals surface area contributed by atoms with E-state index in [4.69, 9.17) is 0 Å². The molecule has 9 heteroatoms. The zero-order valence-electron chi connectivity index (χ0n) is 15.9. The van der Waals surface area contributed by atoms with Gasteiger partial charge in [0.15, 0.2) is 0 Å². The fourth-order valence-corrected chi connectivity index (χ4v) is 4.35. The van der Waals surface area contributed by atoms with Gasteiger partial charge >= 0.3 is 0 Å². The number of amides is 1. The molecular weight excluding hydrogens is 397 g/mol. The van der Waals surface area contributed by atoms with E-state index in [1.54, 1.807) is 0 Å². The highest BCUT2D eigenvalue weighted by Crippen LogP contribution is 2.39. The van der Waals surface area contributed by atoms with E-state index in [1.807, 2.05) is 0 Å². The molecule has 0 radical (unpaired) electrons. The van der Waals surface area contributed by atoms with Crippen LogP contribution in [0.5, 0.6) is 5.75 Å². The Morgan fingerprint density at radius 3 is 2.79 bits per heavy atom. The second kappa shape index (κ2) is 9.23. The van der Waals surface area contributed by atoms with Gasteiger partial charge in [0.1, 0.15) is 11.6 Å². The molecule has 1 fully saturated rings. The summed E-state index contributed by atoms with van der Waals surface area (Å²) in [4.78, 5) is 26.3. The lowest BCUT2D eigenvalue weighted by Crippen LogP contribution is -2.40. The fourth-order valence-electron chi connectivity index (χ4n) is 3.44. The molecule has 0 spiro atoms. The number of likely N-dealkylation sites (N-methyl/N-ethyl adjacent to an activating group) is 1. The van der Waals surface area contributed by atoms with Crippen LogP contribution < -0.4 is 5.32 Å². The summed E-state index contributed by atoms with van der Waals surface area (Å²) >= 11 is 0.939. The molecule has 1 aliphatic rings. The monoisotopic (exact) mass is 419 g/mol. The molecule has 1 unspecified atom stereocenters. The summed E-state index contributed by atoms with van der Waals surface area (Å²) < 4.78 is 13.1. The summed E-state index contributed by atoms with van der Waals surface area (Å²) in [6.07, 6.45) is 2.12. The minimum absolute atomic E-state index is 0.199. The molecule has 1 heterocycles. The van der Waals surface area contributed by atoms with Crippen molar-refractivity contribution in [2.45, 2.75) is 35.6 Å². The molecule has 0 aromatic heterocycles. The molecule has 2 N–H and O–H groups in total. The quantitative estimate of drug-likeness (QED) is 0.523. The van der Waals surface area contributed by atoms with Crippen LogP contribution in [0.3, 0.4) is 0 Å². The van der Waals surface area contributed by atoms with Crippen molar-refractivity contribution in [2.75, 3.05) is 19.6 Å². The Hall–Kier alpha value is -2.65.